The molecule has 1 atom stereocenters. The second-order valence-corrected chi connectivity index (χ2v) is 4.27. The van der Waals surface area contributed by atoms with Gasteiger partial charge in [0.1, 0.15) is 0 Å². The zero-order valence-corrected chi connectivity index (χ0v) is 8.87. The van der Waals surface area contributed by atoms with Crippen molar-refractivity contribution in [2.75, 3.05) is 13.6 Å². The van der Waals surface area contributed by atoms with Crippen LogP contribution >= 0.6 is 0 Å². The minimum absolute atomic E-state index is 0.731. The lowest BCUT2D eigenvalue weighted by Crippen LogP contribution is -2.28. The van der Waals surface area contributed by atoms with E-state index < -0.39 is 0 Å². The van der Waals surface area contributed by atoms with Crippen molar-refractivity contribution in [2.45, 2.75) is 25.2 Å². The van der Waals surface area contributed by atoms with Crippen molar-refractivity contribution in [2.24, 2.45) is 5.92 Å². The van der Waals surface area contributed by atoms with Crippen molar-refractivity contribution in [1.29, 1.82) is 0 Å². The third-order valence-corrected chi connectivity index (χ3v) is 3.37. The number of hydrogen-bond acceptors (Lipinski definition) is 1. The first-order chi connectivity index (χ1) is 6.92. The summed E-state index contributed by atoms with van der Waals surface area (Å²) < 4.78 is 0. The molecule has 0 radical (unpaired) electrons. The van der Waals surface area contributed by atoms with Crippen LogP contribution in [-0.2, 0) is 0 Å². The van der Waals surface area contributed by atoms with E-state index in [0.29, 0.717) is 0 Å². The first-order valence-electron chi connectivity index (χ1n) is 5.61. The highest BCUT2D eigenvalue weighted by atomic mass is 14.8. The van der Waals surface area contributed by atoms with Crippen molar-refractivity contribution >= 4 is 0 Å². The Morgan fingerprint density at radius 1 is 1.29 bits per heavy atom. The summed E-state index contributed by atoms with van der Waals surface area (Å²) >= 11 is 0. The van der Waals surface area contributed by atoms with E-state index in [4.69, 9.17) is 0 Å². The summed E-state index contributed by atoms with van der Waals surface area (Å²) in [5.41, 5.74) is 1.51. The molecule has 0 aliphatic heterocycles. The van der Waals surface area contributed by atoms with Crippen LogP contribution in [0.4, 0.5) is 0 Å². The molecule has 1 aromatic carbocycles. The lowest BCUT2D eigenvalue weighted by Gasteiger charge is -2.34. The van der Waals surface area contributed by atoms with Crippen molar-refractivity contribution in [3.63, 3.8) is 0 Å². The molecule has 14 heavy (non-hydrogen) atoms. The zero-order chi connectivity index (χ0) is 9.80. The standard InChI is InChI=1S/C13H19N/c1-14-10-13(12-8-5-9-12)11-6-3-2-4-7-11/h2-4,6-7,12-14H,5,8-10H2,1H3. The smallest absolute Gasteiger partial charge is 0.00198 e. The molecule has 1 saturated carbocycles. The van der Waals surface area contributed by atoms with E-state index in [9.17, 15) is 0 Å². The molecule has 0 amide bonds. The van der Waals surface area contributed by atoms with Gasteiger partial charge in [-0.25, -0.2) is 0 Å². The Balaban J connectivity index is 2.09. The lowest BCUT2D eigenvalue weighted by molar-refractivity contribution is 0.257. The summed E-state index contributed by atoms with van der Waals surface area (Å²) in [5.74, 6) is 1.65. The fraction of sp³-hybridized carbons (Fsp3) is 0.538. The summed E-state index contributed by atoms with van der Waals surface area (Å²) in [6.45, 7) is 1.12. The van der Waals surface area contributed by atoms with E-state index in [1.54, 1.807) is 0 Å². The lowest BCUT2D eigenvalue weighted by atomic mass is 9.73. The zero-order valence-electron chi connectivity index (χ0n) is 8.87. The highest BCUT2D eigenvalue weighted by molar-refractivity contribution is 5.21. The minimum atomic E-state index is 0.731. The number of rotatable bonds is 4. The van der Waals surface area contributed by atoms with Crippen molar-refractivity contribution in [3.8, 4) is 0 Å². The third-order valence-electron chi connectivity index (χ3n) is 3.37. The third kappa shape index (κ3) is 1.98. The van der Waals surface area contributed by atoms with Gasteiger partial charge in [-0.05, 0) is 37.3 Å². The van der Waals surface area contributed by atoms with E-state index in [-0.39, 0.29) is 0 Å². The van der Waals surface area contributed by atoms with Gasteiger partial charge in [-0.15, -0.1) is 0 Å². The normalized spacial score (nSPS) is 18.9. The van der Waals surface area contributed by atoms with E-state index in [1.807, 2.05) is 0 Å². The average Bonchev–Trinajstić information content (AvgIpc) is 2.16. The van der Waals surface area contributed by atoms with Crippen LogP contribution in [0.15, 0.2) is 30.3 Å². The SMILES string of the molecule is CNCC(c1ccccc1)C1CCC1. The van der Waals surface area contributed by atoms with Gasteiger partial charge in [0.2, 0.25) is 0 Å². The quantitative estimate of drug-likeness (QED) is 0.768. The van der Waals surface area contributed by atoms with Crippen LogP contribution in [-0.4, -0.2) is 13.6 Å². The fourth-order valence-corrected chi connectivity index (χ4v) is 2.32. The summed E-state index contributed by atoms with van der Waals surface area (Å²) in [7, 11) is 2.05. The summed E-state index contributed by atoms with van der Waals surface area (Å²) in [5, 5.41) is 3.32. The number of nitrogens with one attached hydrogen (secondary N) is 1. The van der Waals surface area contributed by atoms with Gasteiger partial charge in [-0.3, -0.25) is 0 Å². The second kappa shape index (κ2) is 4.61. The van der Waals surface area contributed by atoms with Gasteiger partial charge in [-0.2, -0.15) is 0 Å². The van der Waals surface area contributed by atoms with Gasteiger partial charge in [0, 0.05) is 6.54 Å². The van der Waals surface area contributed by atoms with Crippen LogP contribution in [0.2, 0.25) is 0 Å². The monoisotopic (exact) mass is 189 g/mol. The van der Waals surface area contributed by atoms with Gasteiger partial charge in [-0.1, -0.05) is 36.8 Å². The van der Waals surface area contributed by atoms with Gasteiger partial charge in [0.05, 0.1) is 0 Å². The Morgan fingerprint density at radius 3 is 2.50 bits per heavy atom. The summed E-state index contributed by atoms with van der Waals surface area (Å²) in [6.07, 6.45) is 4.26. The molecule has 1 nitrogen and oxygen atoms in total. The number of hydrogen-bond donors (Lipinski definition) is 1. The van der Waals surface area contributed by atoms with Crippen LogP contribution in [0, 0.1) is 5.92 Å². The molecule has 1 aromatic rings. The van der Waals surface area contributed by atoms with Gasteiger partial charge in [0.25, 0.3) is 0 Å². The first-order valence-corrected chi connectivity index (χ1v) is 5.61. The van der Waals surface area contributed by atoms with Crippen LogP contribution in [0.25, 0.3) is 0 Å². The van der Waals surface area contributed by atoms with Crippen molar-refractivity contribution < 1.29 is 0 Å². The molecule has 1 fully saturated rings. The highest BCUT2D eigenvalue weighted by Crippen LogP contribution is 2.38. The molecule has 0 spiro atoms. The van der Waals surface area contributed by atoms with Crippen LogP contribution in [0.1, 0.15) is 30.7 Å². The van der Waals surface area contributed by atoms with Crippen LogP contribution < -0.4 is 5.32 Å². The number of likely N-dealkylation sites (N-methyl/N-ethyl adjacent to an activating group) is 1. The highest BCUT2D eigenvalue weighted by Gasteiger charge is 2.27. The summed E-state index contributed by atoms with van der Waals surface area (Å²) in [6, 6.07) is 10.9. The largest absolute Gasteiger partial charge is 0.319 e. The molecule has 1 N–H and O–H groups in total. The van der Waals surface area contributed by atoms with Crippen molar-refractivity contribution in [3.05, 3.63) is 35.9 Å². The molecule has 1 aliphatic rings. The molecule has 1 unspecified atom stereocenters. The molecule has 0 bridgehead atoms. The van der Waals surface area contributed by atoms with Gasteiger partial charge in [0.15, 0.2) is 0 Å². The molecular weight excluding hydrogens is 170 g/mol. The fourth-order valence-electron chi connectivity index (χ4n) is 2.32. The molecule has 76 valence electrons. The first kappa shape index (κ1) is 9.72. The predicted molar refractivity (Wildman–Crippen MR) is 60.5 cm³/mol. The second-order valence-electron chi connectivity index (χ2n) is 4.27. The summed E-state index contributed by atoms with van der Waals surface area (Å²) in [4.78, 5) is 0. The van der Waals surface area contributed by atoms with Crippen molar-refractivity contribution in [1.82, 2.24) is 5.32 Å². The molecule has 0 heterocycles. The maximum absolute atomic E-state index is 3.32. The van der Waals surface area contributed by atoms with Crippen LogP contribution in [0.3, 0.4) is 0 Å². The van der Waals surface area contributed by atoms with E-state index in [0.717, 1.165) is 18.4 Å². The van der Waals surface area contributed by atoms with Gasteiger partial charge >= 0.3 is 0 Å². The minimum Gasteiger partial charge on any atom is -0.319 e. The number of benzene rings is 1. The van der Waals surface area contributed by atoms with Crippen LogP contribution in [0.5, 0.6) is 0 Å². The Kier molecular flexibility index (Phi) is 3.20. The molecule has 0 aromatic heterocycles. The topological polar surface area (TPSA) is 12.0 Å². The molecule has 0 saturated heterocycles. The Bertz CT molecular complexity index is 264. The molecule has 1 aliphatic carbocycles. The maximum Gasteiger partial charge on any atom is 0.00198 e. The Morgan fingerprint density at radius 2 is 2.00 bits per heavy atom. The molecular formula is C13H19N. The Hall–Kier alpha value is -0.820. The average molecular weight is 189 g/mol. The maximum atomic E-state index is 3.32. The van der Waals surface area contributed by atoms with E-state index >= 15 is 0 Å². The van der Waals surface area contributed by atoms with E-state index in [2.05, 4.69) is 42.7 Å². The Labute approximate surface area is 86.5 Å². The van der Waals surface area contributed by atoms with E-state index in [1.165, 1.54) is 24.8 Å². The molecule has 2 rings (SSSR count). The van der Waals surface area contributed by atoms with Gasteiger partial charge < -0.3 is 5.32 Å². The predicted octanol–water partition coefficient (Wildman–Crippen LogP) is 2.79. The molecule has 1 heteroatoms.